The fourth-order valence-corrected chi connectivity index (χ4v) is 6.15. The number of rotatable bonds is 10. The van der Waals surface area contributed by atoms with Gasteiger partial charge in [-0.3, -0.25) is 14.2 Å². The second kappa shape index (κ2) is 9.40. The summed E-state index contributed by atoms with van der Waals surface area (Å²) >= 11 is 2.97. The topological polar surface area (TPSA) is 64.0 Å². The Bertz CT molecular complexity index is 1150. The largest absolute Gasteiger partial charge is 0.352 e. The number of hydrogen-bond acceptors (Lipinski definition) is 5. The molecule has 2 aliphatic rings. The molecule has 168 valence electrons. The van der Waals surface area contributed by atoms with E-state index in [1.54, 1.807) is 15.9 Å². The molecule has 0 aliphatic heterocycles. The third-order valence-corrected chi connectivity index (χ3v) is 8.55. The number of amides is 1. The number of benzene rings is 1. The number of nitrogens with one attached hydrogen (secondary N) is 1. The molecule has 3 aromatic rings. The molecule has 7 heteroatoms. The number of aryl methyl sites for hydroxylation is 2. The summed E-state index contributed by atoms with van der Waals surface area (Å²) < 4.78 is 1.76. The molecule has 0 saturated heterocycles. The first-order valence-electron chi connectivity index (χ1n) is 11.6. The maximum atomic E-state index is 13.3. The van der Waals surface area contributed by atoms with Gasteiger partial charge >= 0.3 is 0 Å². The molecule has 0 atom stereocenters. The summed E-state index contributed by atoms with van der Waals surface area (Å²) in [6, 6.07) is 12.5. The molecule has 5 rings (SSSR count). The van der Waals surface area contributed by atoms with Crippen LogP contribution < -0.4 is 10.9 Å². The Labute approximate surface area is 196 Å². The third-order valence-electron chi connectivity index (χ3n) is 6.40. The summed E-state index contributed by atoms with van der Waals surface area (Å²) in [5, 5.41) is 4.62. The first-order valence-corrected chi connectivity index (χ1v) is 13.4. The van der Waals surface area contributed by atoms with E-state index in [2.05, 4.69) is 24.4 Å². The van der Waals surface area contributed by atoms with E-state index in [9.17, 15) is 9.59 Å². The summed E-state index contributed by atoms with van der Waals surface area (Å²) in [7, 11) is 0. The van der Waals surface area contributed by atoms with E-state index in [4.69, 9.17) is 4.98 Å². The predicted molar refractivity (Wildman–Crippen MR) is 132 cm³/mol. The van der Waals surface area contributed by atoms with Gasteiger partial charge < -0.3 is 5.32 Å². The van der Waals surface area contributed by atoms with Crippen molar-refractivity contribution in [3.05, 3.63) is 57.2 Å². The van der Waals surface area contributed by atoms with Gasteiger partial charge in [-0.15, -0.1) is 11.3 Å². The normalized spacial score (nSPS) is 16.1. The standard InChI is InChI=1S/C25H29N3O2S2/c1-2-19-14-20-23(32-19)27-25(28(24(20)30)13-12-16-6-4-3-5-7-16)31-15-21(29)26-22(17-8-9-17)18-10-11-18/h3-7,14,17-18,22H,2,8-13,15H2,1H3,(H,26,29). The SMILES string of the molecule is CCc1cc2c(=O)n(CCc3ccccc3)c(SCC(=O)NC(C3CC3)C3CC3)nc2s1. The molecule has 2 aromatic heterocycles. The highest BCUT2D eigenvalue weighted by atomic mass is 32.2. The molecule has 2 heterocycles. The van der Waals surface area contributed by atoms with Crippen LogP contribution in [0.1, 0.15) is 43.0 Å². The zero-order valence-corrected chi connectivity index (χ0v) is 20.0. The van der Waals surface area contributed by atoms with Crippen LogP contribution in [0.15, 0.2) is 46.3 Å². The van der Waals surface area contributed by atoms with Gasteiger partial charge in [-0.2, -0.15) is 0 Å². The fraction of sp³-hybridized carbons (Fsp3) is 0.480. The van der Waals surface area contributed by atoms with Crippen molar-refractivity contribution in [2.75, 3.05) is 5.75 Å². The number of hydrogen-bond donors (Lipinski definition) is 1. The second-order valence-electron chi connectivity index (χ2n) is 8.93. The van der Waals surface area contributed by atoms with Gasteiger partial charge in [-0.25, -0.2) is 4.98 Å². The van der Waals surface area contributed by atoms with Crippen LogP contribution in [0.4, 0.5) is 0 Å². The van der Waals surface area contributed by atoms with Crippen LogP contribution in [0.2, 0.25) is 0 Å². The molecule has 2 saturated carbocycles. The lowest BCUT2D eigenvalue weighted by Crippen LogP contribution is -2.39. The summed E-state index contributed by atoms with van der Waals surface area (Å²) in [6.45, 7) is 2.65. The monoisotopic (exact) mass is 467 g/mol. The molecule has 1 N–H and O–H groups in total. The number of carbonyl (C=O) groups excluding carboxylic acids is 1. The van der Waals surface area contributed by atoms with E-state index in [1.807, 2.05) is 24.3 Å². The van der Waals surface area contributed by atoms with E-state index in [0.717, 1.165) is 22.5 Å². The lowest BCUT2D eigenvalue weighted by molar-refractivity contribution is -0.119. The number of thiophene rings is 1. The fourth-order valence-electron chi connectivity index (χ4n) is 4.30. The number of nitrogens with zero attached hydrogens (tertiary/aromatic N) is 2. The molecule has 0 radical (unpaired) electrons. The third kappa shape index (κ3) is 4.94. The van der Waals surface area contributed by atoms with Gasteiger partial charge in [0, 0.05) is 17.5 Å². The molecular formula is C25H29N3O2S2. The Morgan fingerprint density at radius 3 is 2.59 bits per heavy atom. The van der Waals surface area contributed by atoms with Gasteiger partial charge in [0.25, 0.3) is 5.56 Å². The molecule has 0 unspecified atom stereocenters. The van der Waals surface area contributed by atoms with Crippen molar-refractivity contribution in [2.24, 2.45) is 11.8 Å². The van der Waals surface area contributed by atoms with Gasteiger partial charge in [0.1, 0.15) is 4.83 Å². The molecule has 0 spiro atoms. The molecule has 2 aliphatic carbocycles. The van der Waals surface area contributed by atoms with E-state index in [0.29, 0.717) is 40.7 Å². The average molecular weight is 468 g/mol. The maximum absolute atomic E-state index is 13.3. The smallest absolute Gasteiger partial charge is 0.262 e. The summed E-state index contributed by atoms with van der Waals surface area (Å²) in [4.78, 5) is 32.8. The minimum atomic E-state index is -0.00127. The number of aromatic nitrogens is 2. The van der Waals surface area contributed by atoms with E-state index >= 15 is 0 Å². The minimum Gasteiger partial charge on any atom is -0.352 e. The van der Waals surface area contributed by atoms with Crippen molar-refractivity contribution in [1.29, 1.82) is 0 Å². The quantitative estimate of drug-likeness (QED) is 0.348. The Balaban J connectivity index is 1.35. The minimum absolute atomic E-state index is 0.00127. The highest BCUT2D eigenvalue weighted by Crippen LogP contribution is 2.44. The predicted octanol–water partition coefficient (Wildman–Crippen LogP) is 4.66. The van der Waals surface area contributed by atoms with Crippen molar-refractivity contribution in [3.63, 3.8) is 0 Å². The molecular weight excluding hydrogens is 438 g/mol. The second-order valence-corrected chi connectivity index (χ2v) is 11.0. The molecule has 2 fully saturated rings. The van der Waals surface area contributed by atoms with Crippen molar-refractivity contribution in [3.8, 4) is 0 Å². The summed E-state index contributed by atoms with van der Waals surface area (Å²) in [6.07, 6.45) is 6.60. The van der Waals surface area contributed by atoms with Crippen molar-refractivity contribution in [1.82, 2.24) is 14.9 Å². The van der Waals surface area contributed by atoms with Gasteiger partial charge in [0.15, 0.2) is 5.16 Å². The Morgan fingerprint density at radius 1 is 1.22 bits per heavy atom. The van der Waals surface area contributed by atoms with Crippen LogP contribution in [0.3, 0.4) is 0 Å². The lowest BCUT2D eigenvalue weighted by Gasteiger charge is -2.18. The zero-order chi connectivity index (χ0) is 22.1. The van der Waals surface area contributed by atoms with E-state index in [1.165, 1.54) is 43.0 Å². The average Bonchev–Trinajstić information content (AvgIpc) is 3.74. The molecule has 32 heavy (non-hydrogen) atoms. The van der Waals surface area contributed by atoms with Crippen LogP contribution in [0.5, 0.6) is 0 Å². The van der Waals surface area contributed by atoms with Gasteiger partial charge in [-0.05, 0) is 62.0 Å². The van der Waals surface area contributed by atoms with Crippen LogP contribution in [0.25, 0.3) is 10.2 Å². The molecule has 1 aromatic carbocycles. The van der Waals surface area contributed by atoms with Crippen LogP contribution in [-0.2, 0) is 24.2 Å². The van der Waals surface area contributed by atoms with Gasteiger partial charge in [0.05, 0.1) is 11.1 Å². The Morgan fingerprint density at radius 2 is 1.94 bits per heavy atom. The number of carbonyl (C=O) groups is 1. The van der Waals surface area contributed by atoms with E-state index < -0.39 is 0 Å². The van der Waals surface area contributed by atoms with Crippen LogP contribution in [-0.4, -0.2) is 27.3 Å². The first kappa shape index (κ1) is 21.7. The molecule has 5 nitrogen and oxygen atoms in total. The number of thioether (sulfide) groups is 1. The van der Waals surface area contributed by atoms with Crippen LogP contribution >= 0.6 is 23.1 Å². The molecule has 1 amide bonds. The number of fused-ring (bicyclic) bond motifs is 1. The molecule has 0 bridgehead atoms. The Kier molecular flexibility index (Phi) is 6.37. The van der Waals surface area contributed by atoms with Crippen molar-refractivity contribution in [2.45, 2.75) is 63.2 Å². The van der Waals surface area contributed by atoms with Gasteiger partial charge in [-0.1, -0.05) is 49.0 Å². The Hall–Kier alpha value is -2.12. The first-order chi connectivity index (χ1) is 15.6. The van der Waals surface area contributed by atoms with Gasteiger partial charge in [0.2, 0.25) is 5.91 Å². The van der Waals surface area contributed by atoms with Crippen LogP contribution in [0, 0.1) is 11.8 Å². The maximum Gasteiger partial charge on any atom is 0.262 e. The zero-order valence-electron chi connectivity index (χ0n) is 18.4. The highest BCUT2D eigenvalue weighted by Gasteiger charge is 2.42. The van der Waals surface area contributed by atoms with Crippen molar-refractivity contribution < 1.29 is 4.79 Å². The van der Waals surface area contributed by atoms with Crippen molar-refractivity contribution >= 4 is 39.2 Å². The highest BCUT2D eigenvalue weighted by molar-refractivity contribution is 7.99. The van der Waals surface area contributed by atoms with E-state index in [-0.39, 0.29) is 11.5 Å². The summed E-state index contributed by atoms with van der Waals surface area (Å²) in [5.41, 5.74) is 1.18. The summed E-state index contributed by atoms with van der Waals surface area (Å²) in [5.74, 6) is 1.70. The lowest BCUT2D eigenvalue weighted by atomic mass is 10.1.